The SMILES string of the molecule is COC(=O)[C@@H](O)[C@@H](O)[C@H]1COC(c2ccccc2)=N1. The lowest BCUT2D eigenvalue weighted by Gasteiger charge is -2.18. The number of benzene rings is 1. The normalized spacial score (nSPS) is 21.2. The van der Waals surface area contributed by atoms with Crippen molar-refractivity contribution >= 4 is 11.9 Å². The van der Waals surface area contributed by atoms with Gasteiger partial charge in [-0.3, -0.25) is 0 Å². The third-order valence-corrected chi connectivity index (χ3v) is 2.86. The van der Waals surface area contributed by atoms with Gasteiger partial charge >= 0.3 is 5.97 Å². The number of hydrogen-bond donors (Lipinski definition) is 2. The molecule has 0 saturated heterocycles. The molecule has 6 nitrogen and oxygen atoms in total. The summed E-state index contributed by atoms with van der Waals surface area (Å²) in [6.45, 7) is 0.111. The maximum absolute atomic E-state index is 11.1. The Kier molecular flexibility index (Phi) is 4.13. The standard InChI is InChI=1S/C13H15NO5/c1-18-13(17)11(16)10(15)9-7-19-12(14-9)8-5-3-2-4-6-8/h2-6,9-11,15-16H,7H2,1H3/t9-,10+,11+/m1/s1. The molecule has 0 unspecified atom stereocenters. The van der Waals surface area contributed by atoms with E-state index < -0.39 is 24.2 Å². The second-order valence-electron chi connectivity index (χ2n) is 4.14. The van der Waals surface area contributed by atoms with Gasteiger partial charge in [-0.05, 0) is 12.1 Å². The van der Waals surface area contributed by atoms with Crippen molar-refractivity contribution in [2.45, 2.75) is 18.2 Å². The average Bonchev–Trinajstić information content (AvgIpc) is 2.95. The van der Waals surface area contributed by atoms with Crippen LogP contribution >= 0.6 is 0 Å². The first kappa shape index (κ1) is 13.5. The van der Waals surface area contributed by atoms with Gasteiger partial charge in [0.15, 0.2) is 6.10 Å². The zero-order valence-electron chi connectivity index (χ0n) is 10.4. The van der Waals surface area contributed by atoms with Crippen molar-refractivity contribution in [3.8, 4) is 0 Å². The third kappa shape index (κ3) is 2.91. The zero-order chi connectivity index (χ0) is 13.8. The van der Waals surface area contributed by atoms with Crippen molar-refractivity contribution < 1.29 is 24.5 Å². The van der Waals surface area contributed by atoms with Crippen LogP contribution in [0.15, 0.2) is 35.3 Å². The fourth-order valence-corrected chi connectivity index (χ4v) is 1.77. The Labute approximate surface area is 110 Å². The first-order valence-corrected chi connectivity index (χ1v) is 5.83. The summed E-state index contributed by atoms with van der Waals surface area (Å²) in [7, 11) is 1.14. The van der Waals surface area contributed by atoms with Crippen LogP contribution in [-0.2, 0) is 14.3 Å². The molecule has 0 amide bonds. The van der Waals surface area contributed by atoms with E-state index in [9.17, 15) is 15.0 Å². The van der Waals surface area contributed by atoms with Crippen molar-refractivity contribution in [2.24, 2.45) is 4.99 Å². The van der Waals surface area contributed by atoms with E-state index >= 15 is 0 Å². The first-order valence-electron chi connectivity index (χ1n) is 5.83. The molecule has 0 saturated carbocycles. The molecule has 102 valence electrons. The largest absolute Gasteiger partial charge is 0.475 e. The number of aliphatic imine (C=N–C) groups is 1. The van der Waals surface area contributed by atoms with Gasteiger partial charge in [0.1, 0.15) is 18.8 Å². The van der Waals surface area contributed by atoms with Crippen molar-refractivity contribution in [1.29, 1.82) is 0 Å². The Morgan fingerprint density at radius 2 is 2.11 bits per heavy atom. The topological polar surface area (TPSA) is 88.4 Å². The van der Waals surface area contributed by atoms with Gasteiger partial charge in [-0.15, -0.1) is 0 Å². The minimum Gasteiger partial charge on any atom is -0.475 e. The van der Waals surface area contributed by atoms with Crippen LogP contribution in [-0.4, -0.2) is 54.0 Å². The maximum atomic E-state index is 11.1. The molecule has 19 heavy (non-hydrogen) atoms. The van der Waals surface area contributed by atoms with Crippen LogP contribution < -0.4 is 0 Å². The molecule has 0 spiro atoms. The van der Waals surface area contributed by atoms with E-state index in [1.807, 2.05) is 30.3 Å². The lowest BCUT2D eigenvalue weighted by Crippen LogP contribution is -2.42. The van der Waals surface area contributed by atoms with E-state index in [1.165, 1.54) is 0 Å². The van der Waals surface area contributed by atoms with Crippen molar-refractivity contribution in [3.63, 3.8) is 0 Å². The smallest absolute Gasteiger partial charge is 0.337 e. The number of ether oxygens (including phenoxy) is 2. The van der Waals surface area contributed by atoms with Crippen molar-refractivity contribution in [2.75, 3.05) is 13.7 Å². The van der Waals surface area contributed by atoms with E-state index in [1.54, 1.807) is 0 Å². The molecule has 0 aliphatic carbocycles. The quantitative estimate of drug-likeness (QED) is 0.731. The molecule has 0 aromatic heterocycles. The molecular weight excluding hydrogens is 250 g/mol. The van der Waals surface area contributed by atoms with Crippen LogP contribution in [0.3, 0.4) is 0 Å². The van der Waals surface area contributed by atoms with Crippen molar-refractivity contribution in [3.05, 3.63) is 35.9 Å². The second-order valence-corrected chi connectivity index (χ2v) is 4.14. The summed E-state index contributed by atoms with van der Waals surface area (Å²) >= 11 is 0. The molecule has 1 aliphatic rings. The van der Waals surface area contributed by atoms with Gasteiger partial charge in [0.05, 0.1) is 7.11 Å². The third-order valence-electron chi connectivity index (χ3n) is 2.86. The van der Waals surface area contributed by atoms with Gasteiger partial charge in [0, 0.05) is 5.56 Å². The van der Waals surface area contributed by atoms with Crippen LogP contribution in [0.25, 0.3) is 0 Å². The molecule has 3 atom stereocenters. The van der Waals surface area contributed by atoms with Gasteiger partial charge in [0.25, 0.3) is 0 Å². The van der Waals surface area contributed by atoms with E-state index in [2.05, 4.69) is 9.73 Å². The summed E-state index contributed by atoms with van der Waals surface area (Å²) in [5.74, 6) is -0.502. The van der Waals surface area contributed by atoms with Gasteiger partial charge in [0.2, 0.25) is 5.90 Å². The van der Waals surface area contributed by atoms with Crippen LogP contribution in [0.2, 0.25) is 0 Å². The summed E-state index contributed by atoms with van der Waals surface area (Å²) in [6, 6.07) is 8.51. The molecule has 1 heterocycles. The fraction of sp³-hybridized carbons (Fsp3) is 0.385. The Morgan fingerprint density at radius 1 is 1.42 bits per heavy atom. The Morgan fingerprint density at radius 3 is 2.74 bits per heavy atom. The predicted octanol–water partition coefficient (Wildman–Crippen LogP) is -0.273. The van der Waals surface area contributed by atoms with Crippen LogP contribution in [0, 0.1) is 0 Å². The minimum atomic E-state index is -1.63. The highest BCUT2D eigenvalue weighted by molar-refractivity contribution is 5.95. The first-order chi connectivity index (χ1) is 9.13. The minimum absolute atomic E-state index is 0.111. The lowest BCUT2D eigenvalue weighted by molar-refractivity contribution is -0.157. The number of carbonyl (C=O) groups is 1. The average molecular weight is 265 g/mol. The number of nitrogens with zero attached hydrogens (tertiary/aromatic N) is 1. The molecule has 2 N–H and O–H groups in total. The predicted molar refractivity (Wildman–Crippen MR) is 66.7 cm³/mol. The van der Waals surface area contributed by atoms with Crippen LogP contribution in [0.4, 0.5) is 0 Å². The molecule has 0 bridgehead atoms. The second kappa shape index (κ2) is 5.81. The number of methoxy groups -OCH3 is 1. The highest BCUT2D eigenvalue weighted by Crippen LogP contribution is 2.16. The molecule has 6 heteroatoms. The summed E-state index contributed by atoms with van der Waals surface area (Å²) in [6.07, 6.45) is -2.98. The van der Waals surface area contributed by atoms with E-state index in [4.69, 9.17) is 4.74 Å². The monoisotopic (exact) mass is 265 g/mol. The summed E-state index contributed by atoms with van der Waals surface area (Å²) in [5.41, 5.74) is 0.782. The molecule has 1 aromatic carbocycles. The summed E-state index contributed by atoms with van der Waals surface area (Å²) in [5, 5.41) is 19.4. The number of aliphatic hydroxyl groups is 2. The van der Waals surface area contributed by atoms with Gasteiger partial charge in [-0.25, -0.2) is 9.79 Å². The molecule has 0 fully saturated rings. The molecule has 2 rings (SSSR count). The summed E-state index contributed by atoms with van der Waals surface area (Å²) in [4.78, 5) is 15.3. The number of carbonyl (C=O) groups excluding carboxylic acids is 1. The number of esters is 1. The van der Waals surface area contributed by atoms with Gasteiger partial charge < -0.3 is 19.7 Å². The number of rotatable bonds is 4. The molecular formula is C13H15NO5. The molecule has 1 aliphatic heterocycles. The molecule has 1 aromatic rings. The van der Waals surface area contributed by atoms with E-state index in [-0.39, 0.29) is 6.61 Å². The van der Waals surface area contributed by atoms with E-state index in [0.717, 1.165) is 12.7 Å². The highest BCUT2D eigenvalue weighted by atomic mass is 16.5. The lowest BCUT2D eigenvalue weighted by atomic mass is 10.1. The fourth-order valence-electron chi connectivity index (χ4n) is 1.77. The van der Waals surface area contributed by atoms with Crippen LogP contribution in [0.1, 0.15) is 5.56 Å². The van der Waals surface area contributed by atoms with Gasteiger partial charge in [-0.2, -0.15) is 0 Å². The Hall–Kier alpha value is -1.92. The zero-order valence-corrected chi connectivity index (χ0v) is 10.4. The highest BCUT2D eigenvalue weighted by Gasteiger charge is 2.35. The molecule has 0 radical (unpaired) electrons. The van der Waals surface area contributed by atoms with E-state index in [0.29, 0.717) is 5.90 Å². The Bertz CT molecular complexity index is 473. The number of aliphatic hydroxyl groups excluding tert-OH is 2. The maximum Gasteiger partial charge on any atom is 0.337 e. The Balaban J connectivity index is 2.08. The van der Waals surface area contributed by atoms with Crippen LogP contribution in [0.5, 0.6) is 0 Å². The van der Waals surface area contributed by atoms with Crippen molar-refractivity contribution in [1.82, 2.24) is 0 Å². The number of hydrogen-bond acceptors (Lipinski definition) is 6. The summed E-state index contributed by atoms with van der Waals surface area (Å²) < 4.78 is 9.73. The van der Waals surface area contributed by atoms with Gasteiger partial charge in [-0.1, -0.05) is 18.2 Å².